The van der Waals surface area contributed by atoms with Crippen molar-refractivity contribution in [2.24, 2.45) is 11.3 Å². The third-order valence-corrected chi connectivity index (χ3v) is 11.0. The average molecular weight is 575 g/mol. The van der Waals surface area contributed by atoms with E-state index in [2.05, 4.69) is 25.6 Å². The Bertz CT molecular complexity index is 1950. The number of nitrogens with zero attached hydrogens (tertiary/aromatic N) is 2. The van der Waals surface area contributed by atoms with Crippen molar-refractivity contribution in [2.45, 2.75) is 62.6 Å². The molecule has 4 unspecified atom stereocenters. The van der Waals surface area contributed by atoms with E-state index in [1.54, 1.807) is 18.3 Å². The molecule has 2 aromatic heterocycles. The predicted molar refractivity (Wildman–Crippen MR) is 162 cm³/mol. The van der Waals surface area contributed by atoms with Gasteiger partial charge in [-0.1, -0.05) is 30.3 Å². The number of hydrogen-bond donors (Lipinski definition) is 4. The summed E-state index contributed by atoms with van der Waals surface area (Å²) in [6.07, 6.45) is 9.16. The van der Waals surface area contributed by atoms with Crippen LogP contribution in [0.3, 0.4) is 0 Å². The molecule has 5 aliphatic rings. The molecule has 2 aliphatic heterocycles. The summed E-state index contributed by atoms with van der Waals surface area (Å²) in [6, 6.07) is 18.0. The zero-order valence-electron chi connectivity index (χ0n) is 23.7. The summed E-state index contributed by atoms with van der Waals surface area (Å²) < 4.78 is 32.2. The molecule has 4 heterocycles. The van der Waals surface area contributed by atoms with Crippen molar-refractivity contribution in [3.63, 3.8) is 0 Å². The van der Waals surface area contributed by atoms with E-state index in [0.717, 1.165) is 58.0 Å². The molecule has 43 heavy (non-hydrogen) atoms. The standard InChI is InChI=1S/C35H32F2N6/c36-35(37)25-12-18(19-4-8-27-28(14-19)42-33(41-27)31-21-1-5-22(11-21)40-31)2-6-23(25)24-7-3-20(13-26(24)35)30-16-38-32(43-30)29-15-34(9-10-34)17-39-29/h2-4,6-8,12-14,16,21-22,29,31,39-40H,1,5,9-11,15,17H2,(H,38,43)(H,41,42). The zero-order chi connectivity index (χ0) is 28.5. The first kappa shape index (κ1) is 24.6. The molecule has 4 atom stereocenters. The van der Waals surface area contributed by atoms with Crippen molar-refractivity contribution in [1.29, 1.82) is 0 Å². The van der Waals surface area contributed by atoms with E-state index in [9.17, 15) is 0 Å². The van der Waals surface area contributed by atoms with Gasteiger partial charge < -0.3 is 20.6 Å². The van der Waals surface area contributed by atoms with Crippen LogP contribution in [0.2, 0.25) is 0 Å². The number of benzene rings is 3. The van der Waals surface area contributed by atoms with Crippen molar-refractivity contribution in [2.75, 3.05) is 6.54 Å². The highest BCUT2D eigenvalue weighted by atomic mass is 19.3. The fourth-order valence-electron chi connectivity index (χ4n) is 8.42. The van der Waals surface area contributed by atoms with Crippen LogP contribution >= 0.6 is 0 Å². The molecular weight excluding hydrogens is 542 g/mol. The van der Waals surface area contributed by atoms with Crippen molar-refractivity contribution in [1.82, 2.24) is 30.6 Å². The third kappa shape index (κ3) is 3.63. The van der Waals surface area contributed by atoms with E-state index >= 15 is 8.78 Å². The number of rotatable bonds is 4. The molecule has 6 nitrogen and oxygen atoms in total. The molecule has 2 bridgehead atoms. The van der Waals surface area contributed by atoms with Gasteiger partial charge in [0.15, 0.2) is 0 Å². The van der Waals surface area contributed by atoms with Gasteiger partial charge in [-0.05, 0) is 96.4 Å². The Morgan fingerprint density at radius 1 is 0.814 bits per heavy atom. The maximum atomic E-state index is 16.1. The number of H-pyrrole nitrogens is 2. The molecule has 0 radical (unpaired) electrons. The molecule has 216 valence electrons. The second-order valence-corrected chi connectivity index (χ2v) is 13.7. The molecular formula is C35H32F2N6. The second kappa shape index (κ2) is 8.39. The Kier molecular flexibility index (Phi) is 4.79. The minimum atomic E-state index is -3.09. The van der Waals surface area contributed by atoms with Gasteiger partial charge in [-0.25, -0.2) is 9.97 Å². The molecule has 0 amide bonds. The number of fused-ring (bicyclic) bond motifs is 6. The Labute approximate surface area is 247 Å². The highest BCUT2D eigenvalue weighted by molar-refractivity contribution is 5.86. The van der Waals surface area contributed by atoms with E-state index in [1.165, 1.54) is 32.1 Å². The van der Waals surface area contributed by atoms with Gasteiger partial charge in [0, 0.05) is 29.3 Å². The maximum absolute atomic E-state index is 16.1. The third-order valence-electron chi connectivity index (χ3n) is 11.0. The fraction of sp³-hybridized carbons (Fsp3) is 0.371. The summed E-state index contributed by atoms with van der Waals surface area (Å²) >= 11 is 0. The molecule has 8 heteroatoms. The van der Waals surface area contributed by atoms with Crippen LogP contribution in [0.25, 0.3) is 44.5 Å². The maximum Gasteiger partial charge on any atom is 0.299 e. The quantitative estimate of drug-likeness (QED) is 0.181. The Balaban J connectivity index is 0.956. The second-order valence-electron chi connectivity index (χ2n) is 13.7. The first-order valence-corrected chi connectivity index (χ1v) is 15.6. The van der Waals surface area contributed by atoms with Gasteiger partial charge in [0.1, 0.15) is 11.6 Å². The smallest absolute Gasteiger partial charge is 0.299 e. The summed E-state index contributed by atoms with van der Waals surface area (Å²) in [4.78, 5) is 16.4. The minimum Gasteiger partial charge on any atom is -0.341 e. The SMILES string of the molecule is FC1(F)c2cc(-c3ccc4nc(C5NC6CCC5C6)[nH]c4c3)ccc2-c2ccc(-c3cnc(C4CC5(CC5)CN4)[nH]3)cc21. The average Bonchev–Trinajstić information content (AvgIpc) is 3.68. The molecule has 3 aliphatic carbocycles. The van der Waals surface area contributed by atoms with Crippen molar-refractivity contribution >= 4 is 11.0 Å². The monoisotopic (exact) mass is 574 g/mol. The van der Waals surface area contributed by atoms with E-state index in [0.29, 0.717) is 28.5 Å². The van der Waals surface area contributed by atoms with Gasteiger partial charge in [-0.2, -0.15) is 8.78 Å². The van der Waals surface area contributed by atoms with Gasteiger partial charge >= 0.3 is 0 Å². The van der Waals surface area contributed by atoms with Gasteiger partial charge in [0.2, 0.25) is 0 Å². The molecule has 3 aromatic carbocycles. The minimum absolute atomic E-state index is 0.0521. The molecule has 2 saturated carbocycles. The number of alkyl halides is 2. The first-order chi connectivity index (χ1) is 20.9. The van der Waals surface area contributed by atoms with Crippen molar-refractivity contribution in [3.05, 3.63) is 83.6 Å². The molecule has 2 saturated heterocycles. The summed E-state index contributed by atoms with van der Waals surface area (Å²) in [5, 5.41) is 7.29. The summed E-state index contributed by atoms with van der Waals surface area (Å²) in [7, 11) is 0. The lowest BCUT2D eigenvalue weighted by atomic mass is 9.98. The zero-order valence-corrected chi connectivity index (χ0v) is 23.7. The van der Waals surface area contributed by atoms with Crippen molar-refractivity contribution < 1.29 is 8.78 Å². The van der Waals surface area contributed by atoms with Crippen LogP contribution in [0.15, 0.2) is 60.8 Å². The topological polar surface area (TPSA) is 81.4 Å². The lowest BCUT2D eigenvalue weighted by Crippen LogP contribution is -2.29. The number of imidazole rings is 2. The van der Waals surface area contributed by atoms with Crippen LogP contribution in [0.5, 0.6) is 0 Å². The predicted octanol–water partition coefficient (Wildman–Crippen LogP) is 7.37. The number of halogens is 2. The molecule has 1 spiro atoms. The Hall–Kier alpha value is -3.88. The summed E-state index contributed by atoms with van der Waals surface area (Å²) in [5.74, 6) is -0.571. The number of hydrogen-bond acceptors (Lipinski definition) is 4. The number of nitrogens with one attached hydrogen (secondary N) is 4. The highest BCUT2D eigenvalue weighted by Crippen LogP contribution is 2.55. The lowest BCUT2D eigenvalue weighted by Gasteiger charge is -2.20. The molecule has 5 aromatic rings. The van der Waals surface area contributed by atoms with Gasteiger partial charge in [-0.15, -0.1) is 0 Å². The van der Waals surface area contributed by atoms with Crippen LogP contribution in [-0.2, 0) is 5.92 Å². The fourth-order valence-corrected chi connectivity index (χ4v) is 8.42. The molecule has 4 N–H and O–H groups in total. The van der Waals surface area contributed by atoms with Gasteiger partial charge in [0.05, 0.1) is 35.0 Å². The van der Waals surface area contributed by atoms with Crippen molar-refractivity contribution in [3.8, 4) is 33.5 Å². The van der Waals surface area contributed by atoms with Gasteiger partial charge in [0.25, 0.3) is 5.92 Å². The normalized spacial score (nSPS) is 27.3. The van der Waals surface area contributed by atoms with Crippen LogP contribution in [0, 0.1) is 11.3 Å². The van der Waals surface area contributed by atoms with E-state index in [4.69, 9.17) is 4.98 Å². The molecule has 4 fully saturated rings. The highest BCUT2D eigenvalue weighted by Gasteiger charge is 2.49. The van der Waals surface area contributed by atoms with Crippen LogP contribution in [-0.4, -0.2) is 32.5 Å². The molecule has 10 rings (SSSR count). The number of aromatic nitrogens is 4. The summed E-state index contributed by atoms with van der Waals surface area (Å²) in [6.45, 7) is 1.04. The van der Waals surface area contributed by atoms with E-state index in [-0.39, 0.29) is 23.2 Å². The van der Waals surface area contributed by atoms with Crippen LogP contribution in [0.4, 0.5) is 8.78 Å². The van der Waals surface area contributed by atoms with Gasteiger partial charge in [-0.3, -0.25) is 0 Å². The summed E-state index contributed by atoms with van der Waals surface area (Å²) in [5.41, 5.74) is 6.79. The van der Waals surface area contributed by atoms with E-state index in [1.807, 2.05) is 42.5 Å². The van der Waals surface area contributed by atoms with E-state index < -0.39 is 5.92 Å². The lowest BCUT2D eigenvalue weighted by molar-refractivity contribution is 0.0481. The van der Waals surface area contributed by atoms with Crippen LogP contribution < -0.4 is 10.6 Å². The largest absolute Gasteiger partial charge is 0.341 e. The first-order valence-electron chi connectivity index (χ1n) is 15.6. The Morgan fingerprint density at radius 2 is 1.58 bits per heavy atom. The number of piperidine rings is 1. The Morgan fingerprint density at radius 3 is 2.33 bits per heavy atom. The number of aromatic amines is 2. The van der Waals surface area contributed by atoms with Crippen LogP contribution in [0.1, 0.15) is 73.4 Å².